The van der Waals surface area contributed by atoms with Gasteiger partial charge in [0.25, 0.3) is 5.92 Å². The molecule has 1 rings (SSSR count). The molecule has 2 nitrogen and oxygen atoms in total. The van der Waals surface area contributed by atoms with Gasteiger partial charge in [0.1, 0.15) is 0 Å². The number of rotatable bonds is 1. The molecule has 2 atom stereocenters. The predicted molar refractivity (Wildman–Crippen MR) is 66.1 cm³/mol. The molecule has 2 unspecified atom stereocenters. The molecule has 1 aliphatic heterocycles. The van der Waals surface area contributed by atoms with Crippen molar-refractivity contribution in [3.8, 4) is 36.0 Å². The Bertz CT molecular complexity index is 620. The van der Waals surface area contributed by atoms with Crippen LogP contribution in [-0.4, -0.2) is 29.8 Å². The summed E-state index contributed by atoms with van der Waals surface area (Å²) in [5.41, 5.74) is 0. The quantitative estimate of drug-likeness (QED) is 0.521. The van der Waals surface area contributed by atoms with E-state index in [1.165, 1.54) is 0 Å². The van der Waals surface area contributed by atoms with Gasteiger partial charge in [-0.15, -0.1) is 6.42 Å². The van der Waals surface area contributed by atoms with Gasteiger partial charge in [0.2, 0.25) is 5.79 Å². The first kappa shape index (κ1) is 22.0. The minimum absolute atomic E-state index is 0.0365. The molecular weight excluding hydrogens is 352 g/mol. The molecule has 0 radical (unpaired) electrons. The third-order valence-electron chi connectivity index (χ3n) is 2.52. The predicted octanol–water partition coefficient (Wildman–Crippen LogP) is 3.87. The summed E-state index contributed by atoms with van der Waals surface area (Å²) in [5, 5.41) is 0. The van der Waals surface area contributed by atoms with Gasteiger partial charge < -0.3 is 0 Å². The highest BCUT2D eigenvalue weighted by atomic mass is 19.4. The molecule has 0 spiro atoms. The third-order valence-corrected chi connectivity index (χ3v) is 2.52. The third kappa shape index (κ3) is 4.31. The van der Waals surface area contributed by atoms with Crippen LogP contribution in [0.5, 0.6) is 0 Å². The summed E-state index contributed by atoms with van der Waals surface area (Å²) in [5.74, 6) is -1.60. The summed E-state index contributed by atoms with van der Waals surface area (Å²) in [4.78, 5) is 0. The highest BCUT2D eigenvalue weighted by Crippen LogP contribution is 2.58. The van der Waals surface area contributed by atoms with Gasteiger partial charge in [-0.05, 0) is 37.5 Å². The fraction of sp³-hybridized carbons (Fsp3) is 0.571. The second-order valence-corrected chi connectivity index (χ2v) is 4.42. The molecule has 0 aliphatic carbocycles. The fourth-order valence-corrected chi connectivity index (χ4v) is 1.19. The topological polar surface area (TPSA) is 18.5 Å². The van der Waals surface area contributed by atoms with E-state index in [-0.39, 0.29) is 13.8 Å². The summed E-state index contributed by atoms with van der Waals surface area (Å²) in [6.45, 7) is 1.77. The number of ether oxygens (including phenoxy) is 2. The lowest BCUT2D eigenvalue weighted by molar-refractivity contribution is -0.395. The number of hydrogen-bond donors (Lipinski definition) is 0. The summed E-state index contributed by atoms with van der Waals surface area (Å²) >= 11 is 0. The van der Waals surface area contributed by atoms with Gasteiger partial charge in [-0.3, -0.25) is 9.47 Å². The number of alkyl halides is 8. The number of hydrogen-bond acceptors (Lipinski definition) is 2. The Morgan fingerprint density at radius 1 is 0.917 bits per heavy atom. The van der Waals surface area contributed by atoms with Crippen LogP contribution in [0, 0.1) is 36.0 Å². The van der Waals surface area contributed by atoms with E-state index in [1.54, 1.807) is 6.92 Å². The van der Waals surface area contributed by atoms with E-state index in [4.69, 9.17) is 6.42 Å². The Labute approximate surface area is 132 Å². The Kier molecular flexibility index (Phi) is 6.32. The molecule has 0 N–H and O–H groups in total. The maximum Gasteiger partial charge on any atom is 0.458 e. The highest BCUT2D eigenvalue weighted by Gasteiger charge is 2.84. The lowest BCUT2D eigenvalue weighted by atomic mass is 10.2. The summed E-state index contributed by atoms with van der Waals surface area (Å²) in [7, 11) is 0. The average molecular weight is 362 g/mol. The lowest BCUT2D eigenvalue weighted by Crippen LogP contribution is -2.53. The Morgan fingerprint density at radius 3 is 1.67 bits per heavy atom. The van der Waals surface area contributed by atoms with Gasteiger partial charge >= 0.3 is 18.1 Å². The van der Waals surface area contributed by atoms with Crippen LogP contribution in [0.2, 0.25) is 0 Å². The van der Waals surface area contributed by atoms with E-state index in [0.717, 1.165) is 0 Å². The minimum Gasteiger partial charge on any atom is -0.293 e. The van der Waals surface area contributed by atoms with Crippen LogP contribution in [0.25, 0.3) is 0 Å². The van der Waals surface area contributed by atoms with Crippen molar-refractivity contribution in [1.82, 2.24) is 0 Å². The van der Waals surface area contributed by atoms with Crippen molar-refractivity contribution in [2.45, 2.75) is 50.6 Å². The van der Waals surface area contributed by atoms with E-state index >= 15 is 0 Å². The summed E-state index contributed by atoms with van der Waals surface area (Å²) < 4.78 is 107. The van der Waals surface area contributed by atoms with Gasteiger partial charge in [0, 0.05) is 6.92 Å². The maximum atomic E-state index is 13.1. The zero-order chi connectivity index (χ0) is 19.4. The first-order chi connectivity index (χ1) is 10.6. The monoisotopic (exact) mass is 362 g/mol. The zero-order valence-corrected chi connectivity index (χ0v) is 12.4. The SMILES string of the molecule is C#CC#CC#CC.CC(F)(F)C1(C)OC(F)(F)C(F)(C(F)(F)F)O1. The van der Waals surface area contributed by atoms with Crippen LogP contribution in [0.4, 0.5) is 35.1 Å². The van der Waals surface area contributed by atoms with E-state index in [1.807, 2.05) is 0 Å². The molecule has 0 bridgehead atoms. The van der Waals surface area contributed by atoms with E-state index in [0.29, 0.717) is 0 Å². The molecule has 134 valence electrons. The van der Waals surface area contributed by atoms with Crippen LogP contribution < -0.4 is 0 Å². The Morgan fingerprint density at radius 2 is 1.42 bits per heavy atom. The Balaban J connectivity index is 0.000000640. The molecule has 1 saturated heterocycles. The van der Waals surface area contributed by atoms with Crippen LogP contribution in [0.15, 0.2) is 0 Å². The van der Waals surface area contributed by atoms with Crippen molar-refractivity contribution in [2.24, 2.45) is 0 Å². The molecule has 0 aromatic heterocycles. The molecule has 0 amide bonds. The maximum absolute atomic E-state index is 13.1. The van der Waals surface area contributed by atoms with Gasteiger partial charge in [-0.25, -0.2) is 8.78 Å². The van der Waals surface area contributed by atoms with Crippen molar-refractivity contribution in [2.75, 3.05) is 0 Å². The molecule has 10 heteroatoms. The van der Waals surface area contributed by atoms with Crippen molar-refractivity contribution >= 4 is 0 Å². The highest BCUT2D eigenvalue weighted by molar-refractivity contribution is 5.33. The molecule has 24 heavy (non-hydrogen) atoms. The van der Waals surface area contributed by atoms with Gasteiger partial charge in [-0.2, -0.15) is 26.3 Å². The van der Waals surface area contributed by atoms with E-state index in [2.05, 4.69) is 39.1 Å². The normalized spacial score (nSPS) is 28.2. The molecule has 1 heterocycles. The smallest absolute Gasteiger partial charge is 0.293 e. The first-order valence-corrected chi connectivity index (χ1v) is 5.87. The van der Waals surface area contributed by atoms with Crippen molar-refractivity contribution < 1.29 is 44.6 Å². The van der Waals surface area contributed by atoms with Gasteiger partial charge in [0.05, 0.1) is 0 Å². The van der Waals surface area contributed by atoms with Gasteiger partial charge in [-0.1, -0.05) is 5.92 Å². The molecule has 0 saturated carbocycles. The van der Waals surface area contributed by atoms with E-state index in [9.17, 15) is 35.1 Å². The second kappa shape index (κ2) is 6.88. The van der Waals surface area contributed by atoms with Crippen LogP contribution in [0.3, 0.4) is 0 Å². The number of terminal acetylenes is 1. The zero-order valence-electron chi connectivity index (χ0n) is 12.4. The standard InChI is InChI=1S/C7H6F8O2.C7H4/c1-3(8,9)4(2)16-5(10,6(11,12)13)7(14,15)17-4;1-3-5-7-6-4-2/h1-2H3;1H,2H3. The largest absolute Gasteiger partial charge is 0.458 e. The molecule has 1 aliphatic rings. The molecule has 0 aromatic rings. The van der Waals surface area contributed by atoms with Crippen LogP contribution >= 0.6 is 0 Å². The average Bonchev–Trinajstić information content (AvgIpc) is 2.57. The van der Waals surface area contributed by atoms with E-state index < -0.39 is 29.8 Å². The van der Waals surface area contributed by atoms with Crippen molar-refractivity contribution in [3.63, 3.8) is 0 Å². The summed E-state index contributed by atoms with van der Waals surface area (Å²) in [6.07, 6.45) is -7.01. The molecule has 1 fully saturated rings. The van der Waals surface area contributed by atoms with Crippen LogP contribution in [0.1, 0.15) is 20.8 Å². The lowest BCUT2D eigenvalue weighted by Gasteiger charge is -2.29. The Hall–Kier alpha value is -1.96. The van der Waals surface area contributed by atoms with Crippen molar-refractivity contribution in [1.29, 1.82) is 0 Å². The van der Waals surface area contributed by atoms with Gasteiger partial charge in [0.15, 0.2) is 0 Å². The van der Waals surface area contributed by atoms with Crippen LogP contribution in [-0.2, 0) is 9.47 Å². The second-order valence-electron chi connectivity index (χ2n) is 4.42. The molecular formula is C14H10F8O2. The first-order valence-electron chi connectivity index (χ1n) is 5.87. The van der Waals surface area contributed by atoms with Crippen molar-refractivity contribution in [3.05, 3.63) is 0 Å². The minimum atomic E-state index is -6.22. The number of halogens is 8. The fourth-order valence-electron chi connectivity index (χ4n) is 1.19. The molecule has 0 aromatic carbocycles. The summed E-state index contributed by atoms with van der Waals surface area (Å²) in [6, 6.07) is 0.